The normalized spacial score (nSPS) is 10.8. The first-order valence-corrected chi connectivity index (χ1v) is 8.07. The molecular formula is C11H6BrN5OS2. The van der Waals surface area contributed by atoms with Gasteiger partial charge in [-0.2, -0.15) is 14.9 Å². The van der Waals surface area contributed by atoms with Crippen LogP contribution >= 0.6 is 39.0 Å². The molecule has 3 rings (SSSR count). The fourth-order valence-electron chi connectivity index (χ4n) is 1.58. The second-order valence-corrected chi connectivity index (χ2v) is 6.96. The zero-order valence-electron chi connectivity index (χ0n) is 9.83. The van der Waals surface area contributed by atoms with Crippen molar-refractivity contribution in [2.24, 2.45) is 0 Å². The molecule has 0 spiro atoms. The third-order valence-corrected chi connectivity index (χ3v) is 5.27. The van der Waals surface area contributed by atoms with Crippen molar-refractivity contribution in [1.82, 2.24) is 19.6 Å². The number of thioether (sulfide) groups is 1. The third kappa shape index (κ3) is 2.37. The number of thiophene rings is 1. The van der Waals surface area contributed by atoms with Gasteiger partial charge in [-0.1, -0.05) is 11.8 Å². The van der Waals surface area contributed by atoms with Crippen LogP contribution in [0.5, 0.6) is 0 Å². The van der Waals surface area contributed by atoms with E-state index in [1.165, 1.54) is 18.0 Å². The van der Waals surface area contributed by atoms with E-state index in [0.29, 0.717) is 10.9 Å². The number of halogens is 1. The Morgan fingerprint density at radius 2 is 2.45 bits per heavy atom. The van der Waals surface area contributed by atoms with Crippen molar-refractivity contribution in [2.45, 2.75) is 10.9 Å². The predicted molar refractivity (Wildman–Crippen MR) is 79.9 cm³/mol. The Hall–Kier alpha value is -1.63. The van der Waals surface area contributed by atoms with Crippen molar-refractivity contribution < 1.29 is 0 Å². The number of rotatable bonds is 3. The zero-order chi connectivity index (χ0) is 14.1. The van der Waals surface area contributed by atoms with Gasteiger partial charge in [-0.15, -0.1) is 11.3 Å². The minimum absolute atomic E-state index is 0.281. The Labute approximate surface area is 129 Å². The molecule has 3 aromatic heterocycles. The van der Waals surface area contributed by atoms with Crippen LogP contribution in [0.15, 0.2) is 31.4 Å². The minimum Gasteiger partial charge on any atom is -0.285 e. The van der Waals surface area contributed by atoms with Crippen molar-refractivity contribution in [3.63, 3.8) is 0 Å². The molecule has 0 aromatic carbocycles. The summed E-state index contributed by atoms with van der Waals surface area (Å²) in [5, 5.41) is 15.2. The Bertz CT molecular complexity index is 875. The lowest BCUT2D eigenvalue weighted by molar-refractivity contribution is 0.786. The molecule has 20 heavy (non-hydrogen) atoms. The first-order valence-electron chi connectivity index (χ1n) is 5.42. The number of nitrogens with zero attached hydrogens (tertiary/aromatic N) is 4. The molecule has 0 aliphatic heterocycles. The number of aromatic nitrogens is 4. The van der Waals surface area contributed by atoms with Gasteiger partial charge in [0.15, 0.2) is 10.8 Å². The molecule has 0 radical (unpaired) electrons. The highest BCUT2D eigenvalue weighted by Gasteiger charge is 2.11. The average molecular weight is 368 g/mol. The first-order chi connectivity index (χ1) is 9.69. The predicted octanol–water partition coefficient (Wildman–Crippen LogP) is 2.41. The third-order valence-electron chi connectivity index (χ3n) is 2.54. The van der Waals surface area contributed by atoms with E-state index in [4.69, 9.17) is 5.26 Å². The molecule has 9 heteroatoms. The maximum Gasteiger partial charge on any atom is 0.350 e. The summed E-state index contributed by atoms with van der Waals surface area (Å²) in [6, 6.07) is 3.98. The first kappa shape index (κ1) is 13.4. The fourth-order valence-corrected chi connectivity index (χ4v) is 3.94. The van der Waals surface area contributed by atoms with Crippen LogP contribution in [-0.4, -0.2) is 19.6 Å². The highest BCUT2D eigenvalue weighted by molar-refractivity contribution is 9.11. The quantitative estimate of drug-likeness (QED) is 0.718. The number of H-pyrrole nitrogens is 1. The maximum absolute atomic E-state index is 11.8. The molecule has 0 bridgehead atoms. The molecule has 0 atom stereocenters. The largest absolute Gasteiger partial charge is 0.350 e. The molecule has 0 aliphatic rings. The van der Waals surface area contributed by atoms with Gasteiger partial charge in [0, 0.05) is 5.75 Å². The van der Waals surface area contributed by atoms with Gasteiger partial charge in [0.05, 0.1) is 9.98 Å². The molecule has 100 valence electrons. The standard InChI is InChI=1S/C11H6BrN5OS2/c12-8-6(1-2-19-8)5-20-10-15-9-7(3-13)4-14-17(9)11(18)16-10/h1-2,4H,5H2,(H,15,16,18). The molecule has 3 aromatic rings. The number of fused-ring (bicyclic) bond motifs is 1. The van der Waals surface area contributed by atoms with E-state index < -0.39 is 5.69 Å². The summed E-state index contributed by atoms with van der Waals surface area (Å²) in [7, 11) is 0. The van der Waals surface area contributed by atoms with E-state index in [-0.39, 0.29) is 11.2 Å². The van der Waals surface area contributed by atoms with Gasteiger partial charge in [-0.3, -0.25) is 4.98 Å². The molecule has 0 unspecified atom stereocenters. The number of aromatic amines is 1. The van der Waals surface area contributed by atoms with E-state index in [1.807, 2.05) is 17.5 Å². The van der Waals surface area contributed by atoms with Crippen LogP contribution in [0.4, 0.5) is 0 Å². The molecule has 0 saturated carbocycles. The lowest BCUT2D eigenvalue weighted by atomic mass is 10.4. The lowest BCUT2D eigenvalue weighted by Crippen LogP contribution is -2.19. The van der Waals surface area contributed by atoms with Crippen molar-refractivity contribution in [3.05, 3.63) is 43.0 Å². The van der Waals surface area contributed by atoms with Gasteiger partial charge < -0.3 is 0 Å². The van der Waals surface area contributed by atoms with E-state index in [1.54, 1.807) is 11.3 Å². The van der Waals surface area contributed by atoms with Crippen LogP contribution in [-0.2, 0) is 5.75 Å². The van der Waals surface area contributed by atoms with Gasteiger partial charge in [-0.25, -0.2) is 9.78 Å². The summed E-state index contributed by atoms with van der Waals surface area (Å²) in [5.74, 6) is 0.680. The van der Waals surface area contributed by atoms with E-state index in [9.17, 15) is 4.79 Å². The van der Waals surface area contributed by atoms with Crippen molar-refractivity contribution in [2.75, 3.05) is 0 Å². The Kier molecular flexibility index (Phi) is 3.60. The summed E-state index contributed by atoms with van der Waals surface area (Å²) in [6.07, 6.45) is 1.33. The number of hydrogen-bond donors (Lipinski definition) is 1. The molecule has 1 N–H and O–H groups in total. The Morgan fingerprint density at radius 3 is 3.15 bits per heavy atom. The molecular weight excluding hydrogens is 362 g/mol. The average Bonchev–Trinajstić information content (AvgIpc) is 3.02. The molecule has 6 nitrogen and oxygen atoms in total. The topological polar surface area (TPSA) is 86.8 Å². The monoisotopic (exact) mass is 367 g/mol. The van der Waals surface area contributed by atoms with E-state index >= 15 is 0 Å². The van der Waals surface area contributed by atoms with Gasteiger partial charge in [0.25, 0.3) is 0 Å². The number of nitriles is 1. The molecule has 3 heterocycles. The van der Waals surface area contributed by atoms with Crippen LogP contribution < -0.4 is 5.69 Å². The Balaban J connectivity index is 1.94. The number of hydrogen-bond acceptors (Lipinski definition) is 6. The van der Waals surface area contributed by atoms with Crippen molar-refractivity contribution in [3.8, 4) is 6.07 Å². The maximum atomic E-state index is 11.8. The SMILES string of the molecule is N#Cc1cnn2c(=O)[nH]c(SCc3ccsc3Br)nc12. The van der Waals surface area contributed by atoms with Crippen LogP contribution in [0.1, 0.15) is 11.1 Å². The van der Waals surface area contributed by atoms with Crippen molar-refractivity contribution >= 4 is 44.7 Å². The van der Waals surface area contributed by atoms with Crippen LogP contribution in [0.3, 0.4) is 0 Å². The zero-order valence-corrected chi connectivity index (χ0v) is 13.0. The second kappa shape index (κ2) is 5.40. The fraction of sp³-hybridized carbons (Fsp3) is 0.0909. The molecule has 0 fully saturated rings. The van der Waals surface area contributed by atoms with E-state index in [0.717, 1.165) is 13.9 Å². The highest BCUT2D eigenvalue weighted by Crippen LogP contribution is 2.28. The van der Waals surface area contributed by atoms with Crippen LogP contribution in [0.2, 0.25) is 0 Å². The minimum atomic E-state index is -0.400. The van der Waals surface area contributed by atoms with E-state index in [2.05, 4.69) is 31.0 Å². The summed E-state index contributed by atoms with van der Waals surface area (Å²) in [4.78, 5) is 18.7. The van der Waals surface area contributed by atoms with Crippen LogP contribution in [0, 0.1) is 11.3 Å². The molecule has 0 aliphatic carbocycles. The molecule has 0 saturated heterocycles. The summed E-state index contributed by atoms with van der Waals surface area (Å²) < 4.78 is 2.15. The smallest absolute Gasteiger partial charge is 0.285 e. The number of nitrogens with one attached hydrogen (secondary N) is 1. The van der Waals surface area contributed by atoms with Gasteiger partial charge in [0.2, 0.25) is 0 Å². The van der Waals surface area contributed by atoms with Crippen molar-refractivity contribution in [1.29, 1.82) is 5.26 Å². The summed E-state index contributed by atoms with van der Waals surface area (Å²) in [5.41, 5.74) is 1.30. The van der Waals surface area contributed by atoms with Crippen LogP contribution in [0.25, 0.3) is 5.65 Å². The second-order valence-electron chi connectivity index (χ2n) is 3.76. The highest BCUT2D eigenvalue weighted by atomic mass is 79.9. The van der Waals surface area contributed by atoms with Gasteiger partial charge in [0.1, 0.15) is 11.6 Å². The summed E-state index contributed by atoms with van der Waals surface area (Å²) in [6.45, 7) is 0. The summed E-state index contributed by atoms with van der Waals surface area (Å²) >= 11 is 6.48. The Morgan fingerprint density at radius 1 is 1.60 bits per heavy atom. The lowest BCUT2D eigenvalue weighted by Gasteiger charge is -2.01. The molecule has 0 amide bonds. The van der Waals surface area contributed by atoms with Gasteiger partial charge >= 0.3 is 5.69 Å². The van der Waals surface area contributed by atoms with Gasteiger partial charge in [-0.05, 0) is 32.9 Å².